The molecule has 0 aliphatic heterocycles. The van der Waals surface area contributed by atoms with Crippen molar-refractivity contribution >= 4 is 33.2 Å². The van der Waals surface area contributed by atoms with Gasteiger partial charge in [-0.3, -0.25) is 4.79 Å². The van der Waals surface area contributed by atoms with Gasteiger partial charge in [-0.25, -0.2) is 0 Å². The van der Waals surface area contributed by atoms with Crippen LogP contribution in [0.3, 0.4) is 0 Å². The van der Waals surface area contributed by atoms with Crippen LogP contribution in [0, 0.1) is 0 Å². The summed E-state index contributed by atoms with van der Waals surface area (Å²) in [5.74, 6) is 0.774. The molecule has 0 saturated heterocycles. The van der Waals surface area contributed by atoms with Gasteiger partial charge < -0.3 is 15.8 Å². The Balaban J connectivity index is 1.67. The third-order valence-corrected chi connectivity index (χ3v) is 3.35. The van der Waals surface area contributed by atoms with Gasteiger partial charge in [0, 0.05) is 22.3 Å². The Morgan fingerprint density at radius 1 is 1.10 bits per heavy atom. The summed E-state index contributed by atoms with van der Waals surface area (Å²) < 4.78 is 6.57. The molecule has 0 bridgehead atoms. The summed E-state index contributed by atoms with van der Waals surface area (Å²) in [5.41, 5.74) is 7.02. The third-order valence-electron chi connectivity index (χ3n) is 2.82. The van der Waals surface area contributed by atoms with Crippen LogP contribution in [0.25, 0.3) is 0 Å². The lowest BCUT2D eigenvalue weighted by Crippen LogP contribution is -2.12. The quantitative estimate of drug-likeness (QED) is 0.615. The maximum atomic E-state index is 11.7. The molecular weight excluding hydrogens is 332 g/mol. The number of benzene rings is 2. The average Bonchev–Trinajstić information content (AvgIpc) is 2.48. The molecule has 0 unspecified atom stereocenters. The molecule has 2 rings (SSSR count). The van der Waals surface area contributed by atoms with Crippen LogP contribution in [0.1, 0.15) is 12.8 Å². The van der Waals surface area contributed by atoms with E-state index in [4.69, 9.17) is 10.5 Å². The second kappa shape index (κ2) is 7.69. The van der Waals surface area contributed by atoms with Crippen LogP contribution in [0.15, 0.2) is 53.0 Å². The molecule has 3 N–H and O–H groups in total. The fourth-order valence-corrected chi connectivity index (χ4v) is 2.01. The first-order valence-electron chi connectivity index (χ1n) is 6.67. The van der Waals surface area contributed by atoms with E-state index in [2.05, 4.69) is 21.2 Å². The predicted molar refractivity (Wildman–Crippen MR) is 88.4 cm³/mol. The molecule has 0 atom stereocenters. The van der Waals surface area contributed by atoms with Gasteiger partial charge in [0.1, 0.15) is 5.75 Å². The van der Waals surface area contributed by atoms with E-state index in [1.165, 1.54) is 0 Å². The lowest BCUT2D eigenvalue weighted by atomic mass is 10.2. The number of halogens is 1. The van der Waals surface area contributed by atoms with E-state index in [-0.39, 0.29) is 5.91 Å². The van der Waals surface area contributed by atoms with Crippen LogP contribution in [-0.2, 0) is 4.79 Å². The maximum absolute atomic E-state index is 11.7. The minimum Gasteiger partial charge on any atom is -0.494 e. The Kier molecular flexibility index (Phi) is 5.63. The number of nitrogens with one attached hydrogen (secondary N) is 1. The second-order valence-electron chi connectivity index (χ2n) is 4.58. The smallest absolute Gasteiger partial charge is 0.224 e. The summed E-state index contributed by atoms with van der Waals surface area (Å²) in [5, 5.41) is 2.82. The average molecular weight is 349 g/mol. The first kappa shape index (κ1) is 15.4. The van der Waals surface area contributed by atoms with Crippen molar-refractivity contribution in [1.82, 2.24) is 0 Å². The number of nitrogen functional groups attached to an aromatic ring is 1. The number of rotatable bonds is 6. The van der Waals surface area contributed by atoms with Gasteiger partial charge in [-0.1, -0.05) is 15.9 Å². The number of ether oxygens (including phenoxy) is 1. The Bertz CT molecular complexity index is 582. The number of carbonyl (C=O) groups is 1. The predicted octanol–water partition coefficient (Wildman–Crippen LogP) is 3.83. The van der Waals surface area contributed by atoms with E-state index >= 15 is 0 Å². The number of hydrogen-bond donors (Lipinski definition) is 2. The van der Waals surface area contributed by atoms with Gasteiger partial charge in [0.2, 0.25) is 5.91 Å². The summed E-state index contributed by atoms with van der Waals surface area (Å²) in [4.78, 5) is 11.7. The van der Waals surface area contributed by atoms with Gasteiger partial charge in [0.05, 0.1) is 6.61 Å². The van der Waals surface area contributed by atoms with E-state index < -0.39 is 0 Å². The van der Waals surface area contributed by atoms with Crippen molar-refractivity contribution in [3.8, 4) is 5.75 Å². The molecule has 1 amide bonds. The molecule has 5 heteroatoms. The zero-order valence-corrected chi connectivity index (χ0v) is 13.1. The highest BCUT2D eigenvalue weighted by Gasteiger charge is 2.02. The van der Waals surface area contributed by atoms with Gasteiger partial charge >= 0.3 is 0 Å². The summed E-state index contributed by atoms with van der Waals surface area (Å²) >= 11 is 3.37. The first-order valence-corrected chi connectivity index (χ1v) is 7.46. The summed E-state index contributed by atoms with van der Waals surface area (Å²) in [7, 11) is 0. The maximum Gasteiger partial charge on any atom is 0.224 e. The Morgan fingerprint density at radius 3 is 2.43 bits per heavy atom. The highest BCUT2D eigenvalue weighted by molar-refractivity contribution is 9.10. The van der Waals surface area contributed by atoms with Gasteiger partial charge in [-0.05, 0) is 55.0 Å². The molecule has 2 aromatic carbocycles. The van der Waals surface area contributed by atoms with Crippen molar-refractivity contribution in [3.63, 3.8) is 0 Å². The van der Waals surface area contributed by atoms with Crippen LogP contribution >= 0.6 is 15.9 Å². The van der Waals surface area contributed by atoms with Crippen molar-refractivity contribution in [1.29, 1.82) is 0 Å². The highest BCUT2D eigenvalue weighted by atomic mass is 79.9. The monoisotopic (exact) mass is 348 g/mol. The standard InChI is InChI=1S/C16H17BrN2O2/c17-12-3-9-15(10-4-12)21-11-1-2-16(20)19-14-7-5-13(18)6-8-14/h3-10H,1-2,11,18H2,(H,19,20). The zero-order chi connectivity index (χ0) is 15.1. The molecule has 0 fully saturated rings. The third kappa shape index (κ3) is 5.47. The molecule has 21 heavy (non-hydrogen) atoms. The van der Waals surface area contributed by atoms with Crippen molar-refractivity contribution in [2.24, 2.45) is 0 Å². The van der Waals surface area contributed by atoms with Gasteiger partial charge in [0.15, 0.2) is 0 Å². The molecule has 110 valence electrons. The molecule has 4 nitrogen and oxygen atoms in total. The fourth-order valence-electron chi connectivity index (χ4n) is 1.74. The zero-order valence-electron chi connectivity index (χ0n) is 11.5. The Labute approximate surface area is 132 Å². The molecule has 0 saturated carbocycles. The first-order chi connectivity index (χ1) is 10.1. The van der Waals surface area contributed by atoms with Crippen LogP contribution in [0.4, 0.5) is 11.4 Å². The minimum absolute atomic E-state index is 0.0285. The lowest BCUT2D eigenvalue weighted by molar-refractivity contribution is -0.116. The summed E-state index contributed by atoms with van der Waals surface area (Å²) in [6.45, 7) is 0.511. The van der Waals surface area contributed by atoms with Crippen molar-refractivity contribution < 1.29 is 9.53 Å². The normalized spacial score (nSPS) is 10.1. The van der Waals surface area contributed by atoms with E-state index in [0.29, 0.717) is 25.1 Å². The topological polar surface area (TPSA) is 64.3 Å². The van der Waals surface area contributed by atoms with Crippen LogP contribution < -0.4 is 15.8 Å². The number of amides is 1. The van der Waals surface area contributed by atoms with Crippen molar-refractivity contribution in [2.75, 3.05) is 17.7 Å². The fraction of sp³-hybridized carbons (Fsp3) is 0.188. The van der Waals surface area contributed by atoms with E-state index in [0.717, 1.165) is 15.9 Å². The van der Waals surface area contributed by atoms with E-state index in [1.807, 2.05) is 24.3 Å². The Hall–Kier alpha value is -2.01. The van der Waals surface area contributed by atoms with E-state index in [9.17, 15) is 4.79 Å². The van der Waals surface area contributed by atoms with Crippen LogP contribution in [0.5, 0.6) is 5.75 Å². The molecule has 0 aliphatic rings. The summed E-state index contributed by atoms with van der Waals surface area (Å²) in [6, 6.07) is 14.7. The second-order valence-corrected chi connectivity index (χ2v) is 5.49. The van der Waals surface area contributed by atoms with Gasteiger partial charge in [-0.2, -0.15) is 0 Å². The number of carbonyl (C=O) groups excluding carboxylic acids is 1. The molecule has 0 heterocycles. The Morgan fingerprint density at radius 2 is 1.76 bits per heavy atom. The number of nitrogens with two attached hydrogens (primary N) is 1. The highest BCUT2D eigenvalue weighted by Crippen LogP contribution is 2.16. The molecule has 0 spiro atoms. The molecule has 0 aliphatic carbocycles. The van der Waals surface area contributed by atoms with E-state index in [1.54, 1.807) is 24.3 Å². The lowest BCUT2D eigenvalue weighted by Gasteiger charge is -2.07. The molecule has 2 aromatic rings. The van der Waals surface area contributed by atoms with Gasteiger partial charge in [0.25, 0.3) is 0 Å². The molecule has 0 aromatic heterocycles. The number of hydrogen-bond acceptors (Lipinski definition) is 3. The number of anilines is 2. The summed E-state index contributed by atoms with van der Waals surface area (Å²) in [6.07, 6.45) is 1.08. The van der Waals surface area contributed by atoms with Gasteiger partial charge in [-0.15, -0.1) is 0 Å². The van der Waals surface area contributed by atoms with Crippen LogP contribution in [0.2, 0.25) is 0 Å². The minimum atomic E-state index is -0.0285. The van der Waals surface area contributed by atoms with Crippen LogP contribution in [-0.4, -0.2) is 12.5 Å². The van der Waals surface area contributed by atoms with Crippen molar-refractivity contribution in [3.05, 3.63) is 53.0 Å². The van der Waals surface area contributed by atoms with Crippen molar-refractivity contribution in [2.45, 2.75) is 12.8 Å². The molecule has 0 radical (unpaired) electrons. The largest absolute Gasteiger partial charge is 0.494 e. The SMILES string of the molecule is Nc1ccc(NC(=O)CCCOc2ccc(Br)cc2)cc1. The molecular formula is C16H17BrN2O2.